The van der Waals surface area contributed by atoms with Crippen LogP contribution in [0.25, 0.3) is 0 Å². The van der Waals surface area contributed by atoms with Gasteiger partial charge in [0.1, 0.15) is 0 Å². The molecule has 5 rings (SSSR count). The Balaban J connectivity index is 1.36. The molecule has 3 aliphatic rings. The SMILES string of the molecule is Cc1ccc(Cl)cc1NC(=O)c1ccc(N2C(=O)[C@@H]3[C@H]4C[C@@H]([C@H](Br)[C@H]4Br)[C@@H]3C2=O)cc1. The van der Waals surface area contributed by atoms with Gasteiger partial charge in [-0.15, -0.1) is 0 Å². The molecule has 0 aromatic heterocycles. The van der Waals surface area contributed by atoms with E-state index in [2.05, 4.69) is 37.2 Å². The molecule has 31 heavy (non-hydrogen) atoms. The topological polar surface area (TPSA) is 66.5 Å². The molecule has 2 aliphatic carbocycles. The number of nitrogens with zero attached hydrogens (tertiary/aromatic N) is 1. The van der Waals surface area contributed by atoms with Gasteiger partial charge in [0.2, 0.25) is 11.8 Å². The molecule has 8 heteroatoms. The number of rotatable bonds is 3. The van der Waals surface area contributed by atoms with Gasteiger partial charge >= 0.3 is 0 Å². The molecule has 0 radical (unpaired) electrons. The fourth-order valence-electron chi connectivity index (χ4n) is 5.29. The van der Waals surface area contributed by atoms with Crippen LogP contribution in [0.4, 0.5) is 11.4 Å². The van der Waals surface area contributed by atoms with Crippen LogP contribution in [0.5, 0.6) is 0 Å². The standard InChI is InChI=1S/C23H19Br2ClN2O3/c1-10-2-5-12(26)8-16(10)27-21(29)11-3-6-13(7-4-11)28-22(30)17-14-9-15(18(17)23(28)31)20(25)19(14)24/h2-8,14-15,17-20H,9H2,1H3,(H,27,29)/t14-,15-,17-,18+,19+,20+/m1/s1. The van der Waals surface area contributed by atoms with Crippen LogP contribution >= 0.6 is 43.5 Å². The van der Waals surface area contributed by atoms with Crippen LogP contribution in [-0.2, 0) is 9.59 Å². The van der Waals surface area contributed by atoms with E-state index in [0.717, 1.165) is 12.0 Å². The minimum absolute atomic E-state index is 0.127. The number of amides is 3. The van der Waals surface area contributed by atoms with Crippen molar-refractivity contribution in [3.05, 3.63) is 58.6 Å². The monoisotopic (exact) mass is 564 g/mol. The third-order valence-corrected chi connectivity index (χ3v) is 10.3. The zero-order valence-corrected chi connectivity index (χ0v) is 20.4. The lowest BCUT2D eigenvalue weighted by Crippen LogP contribution is -2.37. The van der Waals surface area contributed by atoms with E-state index in [1.54, 1.807) is 36.4 Å². The number of carbonyl (C=O) groups is 3. The molecule has 2 bridgehead atoms. The summed E-state index contributed by atoms with van der Waals surface area (Å²) in [6.45, 7) is 1.89. The minimum atomic E-state index is -0.282. The summed E-state index contributed by atoms with van der Waals surface area (Å²) in [5.41, 5.74) is 2.49. The number of hydrogen-bond acceptors (Lipinski definition) is 3. The Morgan fingerprint density at radius 2 is 1.58 bits per heavy atom. The molecule has 0 spiro atoms. The van der Waals surface area contributed by atoms with Crippen molar-refractivity contribution >= 4 is 72.6 Å². The van der Waals surface area contributed by atoms with Crippen molar-refractivity contribution in [3.63, 3.8) is 0 Å². The van der Waals surface area contributed by atoms with Gasteiger partial charge in [-0.3, -0.25) is 19.3 Å². The van der Waals surface area contributed by atoms with Gasteiger partial charge in [0.25, 0.3) is 5.91 Å². The quantitative estimate of drug-likeness (QED) is 0.411. The van der Waals surface area contributed by atoms with E-state index in [9.17, 15) is 14.4 Å². The van der Waals surface area contributed by atoms with Crippen molar-refractivity contribution in [2.45, 2.75) is 23.0 Å². The number of hydrogen-bond donors (Lipinski definition) is 1. The number of nitrogens with one attached hydrogen (secondary N) is 1. The maximum Gasteiger partial charge on any atom is 0.255 e. The average Bonchev–Trinajstić information content (AvgIpc) is 3.36. The summed E-state index contributed by atoms with van der Waals surface area (Å²) >= 11 is 13.4. The van der Waals surface area contributed by atoms with E-state index in [4.69, 9.17) is 11.6 Å². The Morgan fingerprint density at radius 1 is 1.00 bits per heavy atom. The maximum atomic E-state index is 13.1. The van der Waals surface area contributed by atoms with Crippen molar-refractivity contribution in [2.24, 2.45) is 23.7 Å². The van der Waals surface area contributed by atoms with Crippen molar-refractivity contribution in [2.75, 3.05) is 10.2 Å². The summed E-state index contributed by atoms with van der Waals surface area (Å²) in [6.07, 6.45) is 0.897. The van der Waals surface area contributed by atoms with E-state index < -0.39 is 0 Å². The number of fused-ring (bicyclic) bond motifs is 5. The van der Waals surface area contributed by atoms with E-state index in [1.165, 1.54) is 4.90 Å². The highest BCUT2D eigenvalue weighted by Crippen LogP contribution is 2.60. The molecule has 160 valence electrons. The average molecular weight is 567 g/mol. The highest BCUT2D eigenvalue weighted by Gasteiger charge is 2.66. The molecular formula is C23H19Br2ClN2O3. The van der Waals surface area contributed by atoms with Crippen molar-refractivity contribution in [1.82, 2.24) is 0 Å². The van der Waals surface area contributed by atoms with E-state index in [1.807, 2.05) is 13.0 Å². The van der Waals surface area contributed by atoms with Gasteiger partial charge in [0.15, 0.2) is 0 Å². The Morgan fingerprint density at radius 3 is 2.16 bits per heavy atom. The molecule has 1 N–H and O–H groups in total. The largest absolute Gasteiger partial charge is 0.322 e. The Kier molecular flexibility index (Phi) is 5.26. The molecule has 5 nitrogen and oxygen atoms in total. The molecule has 2 saturated carbocycles. The first-order valence-corrected chi connectivity index (χ1v) is 12.3. The van der Waals surface area contributed by atoms with Crippen molar-refractivity contribution < 1.29 is 14.4 Å². The smallest absolute Gasteiger partial charge is 0.255 e. The van der Waals surface area contributed by atoms with Crippen LogP contribution in [0.2, 0.25) is 5.02 Å². The van der Waals surface area contributed by atoms with Gasteiger partial charge in [-0.05, 0) is 67.1 Å². The molecule has 3 amide bonds. The summed E-state index contributed by atoms with van der Waals surface area (Å²) < 4.78 is 0. The first-order valence-electron chi connectivity index (χ1n) is 10.1. The highest BCUT2D eigenvalue weighted by molar-refractivity contribution is 9.12. The van der Waals surface area contributed by atoms with Gasteiger partial charge in [0.05, 0.1) is 17.5 Å². The lowest BCUT2D eigenvalue weighted by Gasteiger charge is -2.28. The number of imide groups is 1. The van der Waals surface area contributed by atoms with Crippen LogP contribution in [0.1, 0.15) is 22.3 Å². The fraction of sp³-hybridized carbons (Fsp3) is 0.348. The van der Waals surface area contributed by atoms with E-state index >= 15 is 0 Å². The first kappa shape index (κ1) is 21.2. The van der Waals surface area contributed by atoms with Gasteiger partial charge in [0, 0.05) is 25.9 Å². The van der Waals surface area contributed by atoms with Gasteiger partial charge in [-0.2, -0.15) is 0 Å². The molecule has 1 aliphatic heterocycles. The Hall–Kier alpha value is -1.70. The maximum absolute atomic E-state index is 13.1. The zero-order chi connectivity index (χ0) is 22.0. The minimum Gasteiger partial charge on any atom is -0.322 e. The summed E-state index contributed by atoms with van der Waals surface area (Å²) in [5, 5.41) is 3.39. The first-order chi connectivity index (χ1) is 14.8. The number of alkyl halides is 2. The molecule has 1 heterocycles. The van der Waals surface area contributed by atoms with Crippen molar-refractivity contribution in [3.8, 4) is 0 Å². The van der Waals surface area contributed by atoms with Gasteiger partial charge in [-0.25, -0.2) is 0 Å². The third-order valence-electron chi connectivity index (χ3n) is 6.82. The molecule has 0 unspecified atom stereocenters. The summed E-state index contributed by atoms with van der Waals surface area (Å²) in [6, 6.07) is 11.9. The predicted molar refractivity (Wildman–Crippen MR) is 127 cm³/mol. The summed E-state index contributed by atoms with van der Waals surface area (Å²) in [4.78, 5) is 40.7. The Labute approximate surface area is 201 Å². The highest BCUT2D eigenvalue weighted by atomic mass is 79.9. The second-order valence-electron chi connectivity index (χ2n) is 8.48. The number of halogens is 3. The molecule has 2 aromatic carbocycles. The second kappa shape index (κ2) is 7.71. The molecular weight excluding hydrogens is 548 g/mol. The molecule has 3 fully saturated rings. The third kappa shape index (κ3) is 3.28. The van der Waals surface area contributed by atoms with E-state index in [0.29, 0.717) is 22.0 Å². The summed E-state index contributed by atoms with van der Waals surface area (Å²) in [5.74, 6) is -0.709. The van der Waals surface area contributed by atoms with Gasteiger partial charge < -0.3 is 5.32 Å². The molecule has 6 atom stereocenters. The summed E-state index contributed by atoms with van der Waals surface area (Å²) in [7, 11) is 0. The van der Waals surface area contributed by atoms with E-state index in [-0.39, 0.29) is 51.0 Å². The number of carbonyl (C=O) groups excluding carboxylic acids is 3. The fourth-order valence-corrected chi connectivity index (χ4v) is 7.33. The van der Waals surface area contributed by atoms with Crippen LogP contribution in [0.3, 0.4) is 0 Å². The van der Waals surface area contributed by atoms with Crippen molar-refractivity contribution in [1.29, 1.82) is 0 Å². The Bertz CT molecular complexity index is 1070. The second-order valence-corrected chi connectivity index (χ2v) is 11.0. The molecule has 2 aromatic rings. The van der Waals surface area contributed by atoms with Gasteiger partial charge in [-0.1, -0.05) is 49.5 Å². The normalized spacial score (nSPS) is 31.3. The van der Waals surface area contributed by atoms with Crippen LogP contribution < -0.4 is 10.2 Å². The lowest BCUT2D eigenvalue weighted by molar-refractivity contribution is -0.123. The number of anilines is 2. The predicted octanol–water partition coefficient (Wildman–Crippen LogP) is 5.18. The number of aryl methyl sites for hydroxylation is 1. The van der Waals surface area contributed by atoms with Crippen LogP contribution in [0, 0.1) is 30.6 Å². The van der Waals surface area contributed by atoms with Crippen LogP contribution in [0.15, 0.2) is 42.5 Å². The van der Waals surface area contributed by atoms with Crippen LogP contribution in [-0.4, -0.2) is 27.4 Å². The molecule has 1 saturated heterocycles. The number of benzene rings is 2. The zero-order valence-electron chi connectivity index (χ0n) is 16.5. The lowest BCUT2D eigenvalue weighted by atomic mass is 9.81.